The molecule has 2 rings (SSSR count). The van der Waals surface area contributed by atoms with Crippen LogP contribution in [0.25, 0.3) is 0 Å². The number of carbonyl (C=O) groups is 1. The summed E-state index contributed by atoms with van der Waals surface area (Å²) < 4.78 is 0. The number of hydrogen-bond donors (Lipinski definition) is 1. The molecule has 0 aliphatic carbocycles. The Bertz CT molecular complexity index is 472. The summed E-state index contributed by atoms with van der Waals surface area (Å²) in [6, 6.07) is 17.6. The molecule has 0 aromatic heterocycles. The molecule has 0 radical (unpaired) electrons. The van der Waals surface area contributed by atoms with E-state index >= 15 is 0 Å². The smallest absolute Gasteiger partial charge is 0.334 e. The summed E-state index contributed by atoms with van der Waals surface area (Å²) in [5.41, 5.74) is 1.11. The molecule has 0 unspecified atom stereocenters. The van der Waals surface area contributed by atoms with Crippen molar-refractivity contribution in [2.75, 3.05) is 0 Å². The number of alkyl halides is 1. The van der Waals surface area contributed by atoms with Crippen LogP contribution in [0.1, 0.15) is 11.1 Å². The van der Waals surface area contributed by atoms with Crippen LogP contribution < -0.4 is 0 Å². The van der Waals surface area contributed by atoms with Gasteiger partial charge in [-0.2, -0.15) is 0 Å². The Labute approximate surface area is 117 Å². The van der Waals surface area contributed by atoms with E-state index in [9.17, 15) is 9.90 Å². The molecular weight excluding hydrogens is 271 g/mol. The van der Waals surface area contributed by atoms with Crippen molar-refractivity contribution in [3.05, 3.63) is 71.8 Å². The molecule has 0 bridgehead atoms. The van der Waals surface area contributed by atoms with E-state index in [1.807, 2.05) is 12.1 Å². The molecule has 0 fully saturated rings. The molecule has 0 saturated heterocycles. The Morgan fingerprint density at radius 3 is 1.50 bits per heavy atom. The molecule has 2 nitrogen and oxygen atoms in total. The molecule has 94 valence electrons. The van der Waals surface area contributed by atoms with E-state index in [4.69, 9.17) is 11.6 Å². The van der Waals surface area contributed by atoms with E-state index in [1.54, 1.807) is 48.5 Å². The number of carboxylic acids is 1. The summed E-state index contributed by atoms with van der Waals surface area (Å²) in [7, 11) is 0. The van der Waals surface area contributed by atoms with Crippen LogP contribution in [-0.4, -0.2) is 11.1 Å². The number of carboxylic acid groups (broad SMARTS) is 1. The molecule has 0 spiro atoms. The van der Waals surface area contributed by atoms with Crippen LogP contribution >= 0.6 is 24.0 Å². The SMILES string of the molecule is Cl.O=C(O)C(Cl)(c1ccccc1)c1ccccc1. The summed E-state index contributed by atoms with van der Waals surface area (Å²) in [6.07, 6.45) is 0. The summed E-state index contributed by atoms with van der Waals surface area (Å²) in [4.78, 5) is 9.96. The van der Waals surface area contributed by atoms with Crippen LogP contribution in [0.4, 0.5) is 0 Å². The highest BCUT2D eigenvalue weighted by Gasteiger charge is 2.39. The summed E-state index contributed by atoms with van der Waals surface area (Å²) >= 11 is 6.33. The monoisotopic (exact) mass is 282 g/mol. The van der Waals surface area contributed by atoms with E-state index in [0.29, 0.717) is 11.1 Å². The third-order valence-corrected chi connectivity index (χ3v) is 3.24. The first-order valence-electron chi connectivity index (χ1n) is 5.19. The Kier molecular flexibility index (Phi) is 4.76. The van der Waals surface area contributed by atoms with Crippen molar-refractivity contribution < 1.29 is 9.90 Å². The van der Waals surface area contributed by atoms with Gasteiger partial charge in [0.05, 0.1) is 0 Å². The molecule has 18 heavy (non-hydrogen) atoms. The summed E-state index contributed by atoms with van der Waals surface area (Å²) in [5, 5.41) is 9.41. The van der Waals surface area contributed by atoms with E-state index in [0.717, 1.165) is 0 Å². The molecular formula is C14H12Cl2O2. The fraction of sp³-hybridized carbons (Fsp3) is 0.0714. The van der Waals surface area contributed by atoms with Gasteiger partial charge in [-0.1, -0.05) is 72.3 Å². The fourth-order valence-electron chi connectivity index (χ4n) is 1.75. The quantitative estimate of drug-likeness (QED) is 0.872. The number of rotatable bonds is 3. The van der Waals surface area contributed by atoms with Crippen molar-refractivity contribution in [3.63, 3.8) is 0 Å². The van der Waals surface area contributed by atoms with Gasteiger partial charge in [0.25, 0.3) is 0 Å². The number of halogens is 2. The Balaban J connectivity index is 0.00000162. The topological polar surface area (TPSA) is 37.3 Å². The highest BCUT2D eigenvalue weighted by molar-refractivity contribution is 6.35. The molecule has 0 heterocycles. The first-order valence-corrected chi connectivity index (χ1v) is 5.57. The molecule has 4 heteroatoms. The average molecular weight is 283 g/mol. The summed E-state index contributed by atoms with van der Waals surface area (Å²) in [5.74, 6) is -1.07. The van der Waals surface area contributed by atoms with Gasteiger partial charge in [0.1, 0.15) is 0 Å². The Morgan fingerprint density at radius 1 is 0.889 bits per heavy atom. The molecule has 0 atom stereocenters. The first-order chi connectivity index (χ1) is 8.15. The maximum atomic E-state index is 11.5. The van der Waals surface area contributed by atoms with Crippen molar-refractivity contribution in [1.82, 2.24) is 0 Å². The molecule has 2 aromatic carbocycles. The second kappa shape index (κ2) is 5.89. The van der Waals surface area contributed by atoms with Gasteiger partial charge in [-0.3, -0.25) is 0 Å². The minimum atomic E-state index is -1.53. The van der Waals surface area contributed by atoms with Gasteiger partial charge in [0.15, 0.2) is 4.87 Å². The molecule has 1 N–H and O–H groups in total. The molecule has 0 aliphatic rings. The zero-order valence-electron chi connectivity index (χ0n) is 9.42. The maximum Gasteiger partial charge on any atom is 0.334 e. The van der Waals surface area contributed by atoms with Gasteiger partial charge in [0, 0.05) is 0 Å². The highest BCUT2D eigenvalue weighted by atomic mass is 35.5. The predicted molar refractivity (Wildman–Crippen MR) is 74.4 cm³/mol. The third kappa shape index (κ3) is 2.50. The van der Waals surface area contributed by atoms with Gasteiger partial charge in [-0.25, -0.2) is 4.79 Å². The lowest BCUT2D eigenvalue weighted by Crippen LogP contribution is -2.30. The maximum absolute atomic E-state index is 11.5. The van der Waals surface area contributed by atoms with E-state index in [2.05, 4.69) is 0 Å². The number of hydrogen-bond acceptors (Lipinski definition) is 1. The highest BCUT2D eigenvalue weighted by Crippen LogP contribution is 2.36. The Morgan fingerprint density at radius 2 is 1.22 bits per heavy atom. The van der Waals surface area contributed by atoms with Gasteiger partial charge in [0.2, 0.25) is 0 Å². The third-order valence-electron chi connectivity index (χ3n) is 2.64. The lowest BCUT2D eigenvalue weighted by molar-refractivity contribution is -0.139. The minimum Gasteiger partial charge on any atom is -0.479 e. The zero-order chi connectivity index (χ0) is 12.3. The first kappa shape index (κ1) is 14.6. The van der Waals surface area contributed by atoms with E-state index in [1.165, 1.54) is 0 Å². The average Bonchev–Trinajstić information content (AvgIpc) is 2.39. The predicted octanol–water partition coefficient (Wildman–Crippen LogP) is 3.68. The van der Waals surface area contributed by atoms with Gasteiger partial charge in [-0.15, -0.1) is 12.4 Å². The van der Waals surface area contributed by atoms with Gasteiger partial charge < -0.3 is 5.11 Å². The molecule has 0 saturated carbocycles. The largest absolute Gasteiger partial charge is 0.479 e. The van der Waals surface area contributed by atoms with Crippen LogP contribution in [0.15, 0.2) is 60.7 Å². The second-order valence-corrected chi connectivity index (χ2v) is 4.26. The van der Waals surface area contributed by atoms with Crippen molar-refractivity contribution >= 4 is 30.0 Å². The van der Waals surface area contributed by atoms with Crippen molar-refractivity contribution in [2.24, 2.45) is 0 Å². The normalized spacial score (nSPS) is 10.5. The van der Waals surface area contributed by atoms with Crippen LogP contribution in [-0.2, 0) is 9.67 Å². The lowest BCUT2D eigenvalue weighted by Gasteiger charge is -2.23. The lowest BCUT2D eigenvalue weighted by atomic mass is 9.90. The van der Waals surface area contributed by atoms with Crippen LogP contribution in [0, 0.1) is 0 Å². The molecule has 2 aromatic rings. The van der Waals surface area contributed by atoms with E-state index in [-0.39, 0.29) is 12.4 Å². The van der Waals surface area contributed by atoms with Crippen molar-refractivity contribution in [1.29, 1.82) is 0 Å². The van der Waals surface area contributed by atoms with E-state index < -0.39 is 10.8 Å². The van der Waals surface area contributed by atoms with Crippen LogP contribution in [0.3, 0.4) is 0 Å². The van der Waals surface area contributed by atoms with Crippen LogP contribution in [0.2, 0.25) is 0 Å². The second-order valence-electron chi connectivity index (χ2n) is 3.70. The van der Waals surface area contributed by atoms with Gasteiger partial charge in [-0.05, 0) is 11.1 Å². The Hall–Kier alpha value is -1.51. The zero-order valence-corrected chi connectivity index (χ0v) is 11.0. The van der Waals surface area contributed by atoms with Crippen LogP contribution in [0.5, 0.6) is 0 Å². The summed E-state index contributed by atoms with van der Waals surface area (Å²) in [6.45, 7) is 0. The standard InChI is InChI=1S/C14H11ClO2.ClH/c15-14(13(16)17,11-7-3-1-4-8-11)12-9-5-2-6-10-12;/h1-10H,(H,16,17);1H. The minimum absolute atomic E-state index is 0. The molecule has 0 amide bonds. The number of aliphatic carboxylic acids is 1. The van der Waals surface area contributed by atoms with Crippen molar-refractivity contribution in [2.45, 2.75) is 4.87 Å². The van der Waals surface area contributed by atoms with Gasteiger partial charge >= 0.3 is 5.97 Å². The number of benzene rings is 2. The fourth-order valence-corrected chi connectivity index (χ4v) is 2.00. The van der Waals surface area contributed by atoms with Crippen molar-refractivity contribution in [3.8, 4) is 0 Å². The molecule has 0 aliphatic heterocycles.